The van der Waals surface area contributed by atoms with Crippen LogP contribution < -0.4 is 5.73 Å². The Labute approximate surface area is 119 Å². The van der Waals surface area contributed by atoms with Crippen LogP contribution in [0, 0.1) is 0 Å². The molecule has 0 radical (unpaired) electrons. The number of ketones is 1. The SMILES string of the molecule is CC(C)(C)OC(=O)N(CC(=O)CN)C(=O)OC(C)(C)C. The number of nitrogens with two attached hydrogens (primary N) is 1. The van der Waals surface area contributed by atoms with Crippen molar-refractivity contribution in [2.45, 2.75) is 52.7 Å². The summed E-state index contributed by atoms with van der Waals surface area (Å²) in [5, 5.41) is 0. The maximum atomic E-state index is 11.9. The first-order valence-electron chi connectivity index (χ1n) is 6.31. The molecule has 0 spiro atoms. The van der Waals surface area contributed by atoms with Gasteiger partial charge in [-0.15, -0.1) is 0 Å². The van der Waals surface area contributed by atoms with Gasteiger partial charge in [0.1, 0.15) is 11.2 Å². The summed E-state index contributed by atoms with van der Waals surface area (Å²) in [5.74, 6) is -0.471. The Bertz CT molecular complexity index is 351. The average molecular weight is 288 g/mol. The van der Waals surface area contributed by atoms with E-state index in [0.29, 0.717) is 4.90 Å². The molecule has 0 fully saturated rings. The van der Waals surface area contributed by atoms with Gasteiger partial charge in [-0.05, 0) is 41.5 Å². The van der Waals surface area contributed by atoms with Crippen molar-refractivity contribution in [2.75, 3.05) is 13.1 Å². The van der Waals surface area contributed by atoms with Crippen LogP contribution in [0.1, 0.15) is 41.5 Å². The molecule has 0 rings (SSSR count). The highest BCUT2D eigenvalue weighted by molar-refractivity contribution is 5.94. The van der Waals surface area contributed by atoms with E-state index in [1.165, 1.54) is 0 Å². The van der Waals surface area contributed by atoms with Crippen molar-refractivity contribution in [3.63, 3.8) is 0 Å². The Balaban J connectivity index is 5.03. The van der Waals surface area contributed by atoms with Crippen LogP contribution in [0.3, 0.4) is 0 Å². The van der Waals surface area contributed by atoms with Crippen LogP contribution in [0.2, 0.25) is 0 Å². The van der Waals surface area contributed by atoms with E-state index < -0.39 is 35.7 Å². The lowest BCUT2D eigenvalue weighted by Crippen LogP contribution is -2.46. The summed E-state index contributed by atoms with van der Waals surface area (Å²) < 4.78 is 10.1. The fourth-order valence-corrected chi connectivity index (χ4v) is 1.08. The van der Waals surface area contributed by atoms with Gasteiger partial charge in [-0.3, -0.25) is 4.79 Å². The van der Waals surface area contributed by atoms with Gasteiger partial charge in [-0.1, -0.05) is 0 Å². The predicted molar refractivity (Wildman–Crippen MR) is 73.2 cm³/mol. The summed E-state index contributed by atoms with van der Waals surface area (Å²) in [6, 6.07) is 0. The van der Waals surface area contributed by atoms with Gasteiger partial charge < -0.3 is 15.2 Å². The van der Waals surface area contributed by atoms with Crippen molar-refractivity contribution >= 4 is 18.0 Å². The Morgan fingerprint density at radius 1 is 0.900 bits per heavy atom. The number of Topliss-reactive ketones (excluding diaryl/α,β-unsaturated/α-hetero) is 1. The molecule has 7 nitrogen and oxygen atoms in total. The number of hydrogen-bond donors (Lipinski definition) is 1. The van der Waals surface area contributed by atoms with Crippen LogP contribution in [0.4, 0.5) is 9.59 Å². The number of nitrogens with zero attached hydrogens (tertiary/aromatic N) is 1. The third kappa shape index (κ3) is 7.73. The van der Waals surface area contributed by atoms with Crippen LogP contribution in [0.25, 0.3) is 0 Å². The monoisotopic (exact) mass is 288 g/mol. The Morgan fingerprint density at radius 2 is 1.25 bits per heavy atom. The topological polar surface area (TPSA) is 98.9 Å². The molecule has 0 aliphatic rings. The molecular weight excluding hydrogens is 264 g/mol. The van der Waals surface area contributed by atoms with Crippen molar-refractivity contribution < 1.29 is 23.9 Å². The molecule has 0 aliphatic heterocycles. The Morgan fingerprint density at radius 3 is 1.50 bits per heavy atom. The number of ether oxygens (including phenoxy) is 2. The van der Waals surface area contributed by atoms with Gasteiger partial charge >= 0.3 is 12.2 Å². The van der Waals surface area contributed by atoms with E-state index in [2.05, 4.69) is 0 Å². The van der Waals surface area contributed by atoms with Crippen molar-refractivity contribution in [2.24, 2.45) is 5.73 Å². The van der Waals surface area contributed by atoms with Crippen molar-refractivity contribution in [3.8, 4) is 0 Å². The Hall–Kier alpha value is -1.63. The molecule has 0 aromatic heterocycles. The average Bonchev–Trinajstić information content (AvgIpc) is 2.19. The molecule has 2 N–H and O–H groups in total. The van der Waals surface area contributed by atoms with Gasteiger partial charge in [0, 0.05) is 0 Å². The zero-order chi connectivity index (χ0) is 16.1. The van der Waals surface area contributed by atoms with Crippen LogP contribution in [0.5, 0.6) is 0 Å². The van der Waals surface area contributed by atoms with Crippen LogP contribution in [-0.2, 0) is 14.3 Å². The number of carbonyl (C=O) groups is 3. The van der Waals surface area contributed by atoms with Gasteiger partial charge in [-0.25, -0.2) is 14.5 Å². The number of imide groups is 1. The fourth-order valence-electron chi connectivity index (χ4n) is 1.08. The summed E-state index contributed by atoms with van der Waals surface area (Å²) in [4.78, 5) is 35.9. The lowest BCUT2D eigenvalue weighted by Gasteiger charge is -2.28. The third-order valence-electron chi connectivity index (χ3n) is 1.79. The zero-order valence-corrected chi connectivity index (χ0v) is 13.0. The van der Waals surface area contributed by atoms with Crippen molar-refractivity contribution in [3.05, 3.63) is 0 Å². The first-order chi connectivity index (χ1) is 8.85. The van der Waals surface area contributed by atoms with Crippen LogP contribution in [0.15, 0.2) is 0 Å². The molecule has 116 valence electrons. The zero-order valence-electron chi connectivity index (χ0n) is 13.0. The molecule has 0 aromatic rings. The second-order valence-electron chi connectivity index (χ2n) is 6.29. The molecule has 0 aliphatic carbocycles. The molecule has 0 aromatic carbocycles. The first-order valence-corrected chi connectivity index (χ1v) is 6.31. The molecule has 0 heterocycles. The molecular formula is C13H24N2O5. The minimum atomic E-state index is -0.937. The third-order valence-corrected chi connectivity index (χ3v) is 1.79. The summed E-state index contributed by atoms with van der Waals surface area (Å²) in [5.41, 5.74) is 3.62. The minimum Gasteiger partial charge on any atom is -0.443 e. The van der Waals surface area contributed by atoms with E-state index in [9.17, 15) is 14.4 Å². The Kier molecular flexibility index (Phi) is 6.15. The predicted octanol–water partition coefficient (Wildman–Crippen LogP) is 1.69. The quantitative estimate of drug-likeness (QED) is 0.848. The lowest BCUT2D eigenvalue weighted by molar-refractivity contribution is -0.119. The highest BCUT2D eigenvalue weighted by Crippen LogP contribution is 2.14. The fraction of sp³-hybridized carbons (Fsp3) is 0.769. The van der Waals surface area contributed by atoms with Gasteiger partial charge in [0.05, 0.1) is 13.1 Å². The standard InChI is InChI=1S/C13H24N2O5/c1-12(2,3)19-10(17)15(8-9(16)7-14)11(18)20-13(4,5)6/h7-8,14H2,1-6H3. The second kappa shape index (κ2) is 6.69. The van der Waals surface area contributed by atoms with Gasteiger partial charge in [0.2, 0.25) is 0 Å². The highest BCUT2D eigenvalue weighted by Gasteiger charge is 2.32. The van der Waals surface area contributed by atoms with E-state index in [1.54, 1.807) is 41.5 Å². The van der Waals surface area contributed by atoms with E-state index in [4.69, 9.17) is 15.2 Å². The van der Waals surface area contributed by atoms with Crippen LogP contribution in [-0.4, -0.2) is 47.2 Å². The highest BCUT2D eigenvalue weighted by atomic mass is 16.6. The lowest BCUT2D eigenvalue weighted by atomic mass is 10.2. The molecule has 7 heteroatoms. The van der Waals surface area contributed by atoms with Crippen molar-refractivity contribution in [1.82, 2.24) is 4.90 Å². The molecule has 0 bridgehead atoms. The summed E-state index contributed by atoms with van der Waals surface area (Å²) in [7, 11) is 0. The van der Waals surface area contributed by atoms with E-state index in [0.717, 1.165) is 0 Å². The molecule has 0 saturated heterocycles. The molecule has 0 atom stereocenters. The number of amides is 2. The van der Waals surface area contributed by atoms with Crippen LogP contribution >= 0.6 is 0 Å². The first kappa shape index (κ1) is 18.4. The smallest absolute Gasteiger partial charge is 0.420 e. The number of rotatable bonds is 3. The molecule has 2 amide bonds. The van der Waals surface area contributed by atoms with E-state index in [1.807, 2.05) is 0 Å². The number of hydrogen-bond acceptors (Lipinski definition) is 6. The van der Waals surface area contributed by atoms with Gasteiger partial charge in [0.25, 0.3) is 0 Å². The maximum absolute atomic E-state index is 11.9. The number of carbonyl (C=O) groups excluding carboxylic acids is 3. The van der Waals surface area contributed by atoms with Crippen molar-refractivity contribution in [1.29, 1.82) is 0 Å². The normalized spacial score (nSPS) is 11.8. The molecule has 0 saturated carbocycles. The maximum Gasteiger partial charge on any atom is 0.420 e. The summed E-state index contributed by atoms with van der Waals surface area (Å²) >= 11 is 0. The van der Waals surface area contributed by atoms with Gasteiger partial charge in [-0.2, -0.15) is 0 Å². The second-order valence-corrected chi connectivity index (χ2v) is 6.29. The van der Waals surface area contributed by atoms with E-state index in [-0.39, 0.29) is 6.54 Å². The van der Waals surface area contributed by atoms with Gasteiger partial charge in [0.15, 0.2) is 5.78 Å². The summed E-state index contributed by atoms with van der Waals surface area (Å²) in [6.07, 6.45) is -1.87. The molecule has 0 unspecified atom stereocenters. The minimum absolute atomic E-state index is 0.276. The van der Waals surface area contributed by atoms with E-state index >= 15 is 0 Å². The molecule has 20 heavy (non-hydrogen) atoms. The largest absolute Gasteiger partial charge is 0.443 e. The summed E-state index contributed by atoms with van der Waals surface area (Å²) in [6.45, 7) is 9.19.